The van der Waals surface area contributed by atoms with E-state index < -0.39 is 0 Å². The fourth-order valence-corrected chi connectivity index (χ4v) is 2.30. The van der Waals surface area contributed by atoms with Crippen LogP contribution in [-0.4, -0.2) is 10.2 Å². The molecule has 0 aliphatic heterocycles. The monoisotopic (exact) mass is 336 g/mol. The van der Waals surface area contributed by atoms with Gasteiger partial charge in [0.15, 0.2) is 3.92 Å². The first-order valence-corrected chi connectivity index (χ1v) is 6.01. The van der Waals surface area contributed by atoms with Gasteiger partial charge in [-0.25, -0.2) is 4.39 Å². The molecule has 0 radical (unpaired) electrons. The largest absolute Gasteiger partial charge is 0.206 e. The van der Waals surface area contributed by atoms with E-state index in [0.717, 1.165) is 5.56 Å². The van der Waals surface area contributed by atoms with Crippen molar-refractivity contribution in [3.8, 4) is 10.6 Å². The van der Waals surface area contributed by atoms with Crippen molar-refractivity contribution in [3.63, 3.8) is 0 Å². The number of hydrogen-bond acceptors (Lipinski definition) is 3. The van der Waals surface area contributed by atoms with Crippen molar-refractivity contribution in [2.24, 2.45) is 0 Å². The Morgan fingerprint density at radius 1 is 1.21 bits per heavy atom. The minimum absolute atomic E-state index is 0.297. The first-order valence-electron chi connectivity index (χ1n) is 3.61. The van der Waals surface area contributed by atoms with Gasteiger partial charge in [0, 0.05) is 5.56 Å². The highest BCUT2D eigenvalue weighted by atomic mass is 79.9. The molecule has 0 saturated heterocycles. The number of hydrogen-bond donors (Lipinski definition) is 0. The number of aromatic nitrogens is 2. The second-order valence-electron chi connectivity index (χ2n) is 2.49. The van der Waals surface area contributed by atoms with Crippen LogP contribution in [0.5, 0.6) is 0 Å². The Balaban J connectivity index is 2.47. The summed E-state index contributed by atoms with van der Waals surface area (Å²) in [5, 5.41) is 8.39. The lowest BCUT2D eigenvalue weighted by Gasteiger charge is -1.96. The van der Waals surface area contributed by atoms with Crippen molar-refractivity contribution in [3.05, 3.63) is 32.4 Å². The van der Waals surface area contributed by atoms with Crippen molar-refractivity contribution in [2.45, 2.75) is 0 Å². The normalized spacial score (nSPS) is 10.5. The maximum atomic E-state index is 13.2. The molecule has 0 unspecified atom stereocenters. The SMILES string of the molecule is Fc1cc(-c2nnc(Br)s2)ccc1Br. The molecule has 0 aliphatic rings. The van der Waals surface area contributed by atoms with Crippen molar-refractivity contribution in [1.29, 1.82) is 0 Å². The molecule has 0 spiro atoms. The predicted molar refractivity (Wildman–Crippen MR) is 60.7 cm³/mol. The predicted octanol–water partition coefficient (Wildman–Crippen LogP) is 3.87. The topological polar surface area (TPSA) is 25.8 Å². The van der Waals surface area contributed by atoms with E-state index in [0.29, 0.717) is 13.4 Å². The highest BCUT2D eigenvalue weighted by Crippen LogP contribution is 2.28. The zero-order valence-electron chi connectivity index (χ0n) is 6.67. The Hall–Kier alpha value is -0.330. The van der Waals surface area contributed by atoms with Gasteiger partial charge in [-0.15, -0.1) is 10.2 Å². The van der Waals surface area contributed by atoms with E-state index in [1.165, 1.54) is 17.4 Å². The summed E-state index contributed by atoms with van der Waals surface area (Å²) in [6.07, 6.45) is 0. The molecule has 2 aromatic rings. The maximum Gasteiger partial charge on any atom is 0.183 e. The molecule has 2 rings (SSSR count). The van der Waals surface area contributed by atoms with Crippen LogP contribution < -0.4 is 0 Å². The molecule has 72 valence electrons. The van der Waals surface area contributed by atoms with Crippen molar-refractivity contribution in [1.82, 2.24) is 10.2 Å². The van der Waals surface area contributed by atoms with Crippen LogP contribution >= 0.6 is 43.2 Å². The quantitative estimate of drug-likeness (QED) is 0.789. The molecule has 1 heterocycles. The van der Waals surface area contributed by atoms with Crippen LogP contribution in [0.3, 0.4) is 0 Å². The number of rotatable bonds is 1. The fraction of sp³-hybridized carbons (Fsp3) is 0. The summed E-state index contributed by atoms with van der Waals surface area (Å²) < 4.78 is 14.3. The molecule has 0 aliphatic carbocycles. The molecule has 0 N–H and O–H groups in total. The van der Waals surface area contributed by atoms with E-state index in [1.54, 1.807) is 12.1 Å². The van der Waals surface area contributed by atoms with E-state index in [9.17, 15) is 4.39 Å². The number of nitrogens with zero attached hydrogens (tertiary/aromatic N) is 2. The number of halogens is 3. The zero-order chi connectivity index (χ0) is 10.1. The van der Waals surface area contributed by atoms with E-state index in [1.807, 2.05) is 0 Å². The molecule has 1 aromatic heterocycles. The van der Waals surface area contributed by atoms with Crippen LogP contribution in [0, 0.1) is 5.82 Å². The summed E-state index contributed by atoms with van der Waals surface area (Å²) >= 11 is 7.66. The van der Waals surface area contributed by atoms with Gasteiger partial charge in [0.2, 0.25) is 0 Å². The molecule has 14 heavy (non-hydrogen) atoms. The molecular weight excluding hydrogens is 335 g/mol. The first kappa shape index (κ1) is 10.2. The Bertz CT molecular complexity index is 472. The van der Waals surface area contributed by atoms with Gasteiger partial charge in [-0.3, -0.25) is 0 Å². The molecule has 0 atom stereocenters. The lowest BCUT2D eigenvalue weighted by molar-refractivity contribution is 0.621. The summed E-state index contributed by atoms with van der Waals surface area (Å²) in [7, 11) is 0. The van der Waals surface area contributed by atoms with Crippen molar-refractivity contribution in [2.75, 3.05) is 0 Å². The van der Waals surface area contributed by atoms with Crippen molar-refractivity contribution < 1.29 is 4.39 Å². The van der Waals surface area contributed by atoms with E-state index >= 15 is 0 Å². The smallest absolute Gasteiger partial charge is 0.183 e. The second kappa shape index (κ2) is 4.04. The number of benzene rings is 1. The summed E-state index contributed by atoms with van der Waals surface area (Å²) in [6.45, 7) is 0. The van der Waals surface area contributed by atoms with E-state index in [-0.39, 0.29) is 5.82 Å². The maximum absolute atomic E-state index is 13.2. The van der Waals surface area contributed by atoms with Crippen LogP contribution in [-0.2, 0) is 0 Å². The summed E-state index contributed by atoms with van der Waals surface area (Å²) in [5.74, 6) is -0.297. The first-order chi connectivity index (χ1) is 6.66. The molecule has 0 bridgehead atoms. The lowest BCUT2D eigenvalue weighted by Crippen LogP contribution is -1.81. The van der Waals surface area contributed by atoms with Gasteiger partial charge in [-0.2, -0.15) is 0 Å². The van der Waals surface area contributed by atoms with Crippen LogP contribution in [0.15, 0.2) is 26.6 Å². The highest BCUT2D eigenvalue weighted by molar-refractivity contribution is 9.11. The standard InChI is InChI=1S/C8H3Br2FN2S/c9-5-2-1-4(3-6(5)11)7-12-13-8(10)14-7/h1-3H. The molecule has 1 aromatic carbocycles. The summed E-state index contributed by atoms with van der Waals surface area (Å²) in [5.41, 5.74) is 0.730. The van der Waals surface area contributed by atoms with Gasteiger partial charge >= 0.3 is 0 Å². The molecule has 0 amide bonds. The molecule has 6 heteroatoms. The van der Waals surface area contributed by atoms with Crippen LogP contribution in [0.2, 0.25) is 0 Å². The highest BCUT2D eigenvalue weighted by Gasteiger charge is 2.07. The van der Waals surface area contributed by atoms with Crippen molar-refractivity contribution >= 4 is 43.2 Å². The molecule has 0 fully saturated rings. The van der Waals surface area contributed by atoms with Gasteiger partial charge in [0.25, 0.3) is 0 Å². The van der Waals surface area contributed by atoms with Gasteiger partial charge in [0.1, 0.15) is 10.8 Å². The third kappa shape index (κ3) is 2.02. The van der Waals surface area contributed by atoms with Crippen LogP contribution in [0.4, 0.5) is 4.39 Å². The van der Waals surface area contributed by atoms with Gasteiger partial charge in [-0.05, 0) is 44.0 Å². The Labute approximate surface area is 100 Å². The third-order valence-electron chi connectivity index (χ3n) is 1.57. The molecule has 2 nitrogen and oxygen atoms in total. The Kier molecular flexibility index (Phi) is 2.94. The van der Waals surface area contributed by atoms with Gasteiger partial charge < -0.3 is 0 Å². The van der Waals surface area contributed by atoms with Gasteiger partial charge in [0.05, 0.1) is 4.47 Å². The minimum Gasteiger partial charge on any atom is -0.206 e. The molecular formula is C8H3Br2FN2S. The van der Waals surface area contributed by atoms with Crippen LogP contribution in [0.1, 0.15) is 0 Å². The lowest BCUT2D eigenvalue weighted by atomic mass is 10.2. The van der Waals surface area contributed by atoms with E-state index in [2.05, 4.69) is 42.1 Å². The Morgan fingerprint density at radius 3 is 2.57 bits per heavy atom. The summed E-state index contributed by atoms with van der Waals surface area (Å²) in [6, 6.07) is 4.87. The second-order valence-corrected chi connectivity index (χ2v) is 5.60. The van der Waals surface area contributed by atoms with Crippen LogP contribution in [0.25, 0.3) is 10.6 Å². The Morgan fingerprint density at radius 2 is 2.00 bits per heavy atom. The average molecular weight is 338 g/mol. The molecule has 0 saturated carbocycles. The van der Waals surface area contributed by atoms with Gasteiger partial charge in [-0.1, -0.05) is 17.4 Å². The average Bonchev–Trinajstić information content (AvgIpc) is 2.57. The zero-order valence-corrected chi connectivity index (χ0v) is 10.7. The fourth-order valence-electron chi connectivity index (χ4n) is 0.951. The third-order valence-corrected chi connectivity index (χ3v) is 3.62. The van der Waals surface area contributed by atoms with E-state index in [4.69, 9.17) is 0 Å². The minimum atomic E-state index is -0.297. The summed E-state index contributed by atoms with van der Waals surface area (Å²) in [4.78, 5) is 0.